The van der Waals surface area contributed by atoms with Crippen LogP contribution in [0.25, 0.3) is 0 Å². The maximum Gasteiger partial charge on any atom is 0.323 e. The minimum Gasteiger partial charge on any atom is -0.481 e. The molecule has 1 aliphatic rings. The molecule has 1 unspecified atom stereocenters. The number of anilines is 3. The molecule has 1 heterocycles. The van der Waals surface area contributed by atoms with Crippen molar-refractivity contribution < 1.29 is 24.3 Å². The quantitative estimate of drug-likeness (QED) is 0.353. The van der Waals surface area contributed by atoms with Crippen molar-refractivity contribution in [1.82, 2.24) is 4.90 Å². The molecule has 0 aliphatic carbocycles. The van der Waals surface area contributed by atoms with Gasteiger partial charge in [-0.15, -0.1) is 0 Å². The molecule has 9 heteroatoms. The number of aryl methyl sites for hydroxylation is 1. The van der Waals surface area contributed by atoms with Crippen molar-refractivity contribution in [3.8, 4) is 0 Å². The molecule has 2 aromatic rings. The highest BCUT2D eigenvalue weighted by molar-refractivity contribution is 6.01. The van der Waals surface area contributed by atoms with E-state index in [9.17, 15) is 19.2 Å². The van der Waals surface area contributed by atoms with Crippen molar-refractivity contribution in [2.24, 2.45) is 0 Å². The minimum absolute atomic E-state index is 0.0373. The van der Waals surface area contributed by atoms with Gasteiger partial charge < -0.3 is 26.0 Å². The maximum absolute atomic E-state index is 12.8. The Labute approximate surface area is 212 Å². The van der Waals surface area contributed by atoms with E-state index in [0.717, 1.165) is 17.7 Å². The summed E-state index contributed by atoms with van der Waals surface area (Å²) in [7, 11) is 0. The number of rotatable bonds is 9. The molecule has 3 rings (SSSR count). The zero-order chi connectivity index (χ0) is 26.5. The fraction of sp³-hybridized carbons (Fsp3) is 0.407. The Kier molecular flexibility index (Phi) is 11.4. The van der Waals surface area contributed by atoms with Gasteiger partial charge in [0.15, 0.2) is 0 Å². The molecule has 1 fully saturated rings. The number of benzene rings is 2. The van der Waals surface area contributed by atoms with E-state index in [1.165, 1.54) is 0 Å². The molecule has 0 aromatic heterocycles. The van der Waals surface area contributed by atoms with E-state index in [1.54, 1.807) is 29.2 Å². The normalized spacial score (nSPS) is 14.3. The summed E-state index contributed by atoms with van der Waals surface area (Å²) in [6, 6.07) is 13.3. The van der Waals surface area contributed by atoms with Crippen LogP contribution in [0.4, 0.5) is 21.9 Å². The Hall–Kier alpha value is -3.88. The van der Waals surface area contributed by atoms with Gasteiger partial charge in [0.2, 0.25) is 11.8 Å². The Bertz CT molecular complexity index is 1040. The van der Waals surface area contributed by atoms with E-state index in [-0.39, 0.29) is 30.7 Å². The number of nitrogens with zero attached hydrogens (tertiary/aromatic N) is 1. The summed E-state index contributed by atoms with van der Waals surface area (Å²) in [6.45, 7) is 6.43. The number of para-hydroxylation sites is 1. The second-order valence-corrected chi connectivity index (χ2v) is 8.31. The molecule has 0 spiro atoms. The van der Waals surface area contributed by atoms with Gasteiger partial charge in [-0.05, 0) is 68.5 Å². The van der Waals surface area contributed by atoms with Crippen LogP contribution in [-0.4, -0.2) is 46.4 Å². The fourth-order valence-electron chi connectivity index (χ4n) is 3.89. The zero-order valence-electron chi connectivity index (χ0n) is 21.2. The molecule has 4 amide bonds. The number of carboxylic acid groups (broad SMARTS) is 1. The number of amides is 4. The van der Waals surface area contributed by atoms with Gasteiger partial charge in [0.05, 0.1) is 0 Å². The molecule has 0 bridgehead atoms. The molecular formula is C27H36N4O5. The first-order chi connectivity index (χ1) is 17.3. The predicted molar refractivity (Wildman–Crippen MR) is 141 cm³/mol. The van der Waals surface area contributed by atoms with Crippen molar-refractivity contribution in [3.63, 3.8) is 0 Å². The highest BCUT2D eigenvalue weighted by atomic mass is 16.4. The lowest BCUT2D eigenvalue weighted by Crippen LogP contribution is -2.43. The second kappa shape index (κ2) is 14.5. The molecule has 9 nitrogen and oxygen atoms in total. The Morgan fingerprint density at radius 1 is 0.889 bits per heavy atom. The molecule has 1 aliphatic heterocycles. The zero-order valence-corrected chi connectivity index (χ0v) is 21.2. The van der Waals surface area contributed by atoms with Crippen LogP contribution in [0.3, 0.4) is 0 Å². The summed E-state index contributed by atoms with van der Waals surface area (Å²) in [5, 5.41) is 17.1. The van der Waals surface area contributed by atoms with E-state index in [1.807, 2.05) is 45.0 Å². The predicted octanol–water partition coefficient (Wildman–Crippen LogP) is 5.24. The van der Waals surface area contributed by atoms with Gasteiger partial charge in [-0.1, -0.05) is 32.0 Å². The molecule has 1 saturated heterocycles. The summed E-state index contributed by atoms with van der Waals surface area (Å²) in [5.74, 6) is -1.25. The summed E-state index contributed by atoms with van der Waals surface area (Å²) in [5.41, 5.74) is 2.82. The van der Waals surface area contributed by atoms with Crippen molar-refractivity contribution in [1.29, 1.82) is 0 Å². The monoisotopic (exact) mass is 496 g/mol. The largest absolute Gasteiger partial charge is 0.481 e. The number of likely N-dealkylation sites (tertiary alicyclic amines) is 1. The molecular weight excluding hydrogens is 460 g/mol. The molecule has 0 saturated carbocycles. The van der Waals surface area contributed by atoms with E-state index < -0.39 is 12.0 Å². The number of nitrogens with one attached hydrogen (secondary N) is 3. The van der Waals surface area contributed by atoms with E-state index in [4.69, 9.17) is 5.11 Å². The Balaban J connectivity index is 0.00000222. The van der Waals surface area contributed by atoms with Crippen LogP contribution < -0.4 is 16.0 Å². The standard InChI is InChI=1S/C25H30N4O5.C2H6/c1-17-7-2-3-8-20(17)28-25(34)27-19-14-12-18(13-15-19)26-24(33)21-9-6-16-29(21)22(30)10-4-5-11-23(31)32;1-2/h2-3,7-8,12-15,21H,4-6,9-11,16H2,1H3,(H,26,33)(H,31,32)(H2,27,28,34);1-2H3. The van der Waals surface area contributed by atoms with Crippen LogP contribution in [0.5, 0.6) is 0 Å². The van der Waals surface area contributed by atoms with Gasteiger partial charge in [-0.2, -0.15) is 0 Å². The van der Waals surface area contributed by atoms with Crippen LogP contribution in [0.2, 0.25) is 0 Å². The summed E-state index contributed by atoms with van der Waals surface area (Å²) >= 11 is 0. The van der Waals surface area contributed by atoms with Crippen LogP contribution >= 0.6 is 0 Å². The van der Waals surface area contributed by atoms with Gasteiger partial charge in [-0.25, -0.2) is 4.79 Å². The first-order valence-electron chi connectivity index (χ1n) is 12.4. The van der Waals surface area contributed by atoms with Gasteiger partial charge in [0.25, 0.3) is 0 Å². The highest BCUT2D eigenvalue weighted by Gasteiger charge is 2.33. The van der Waals surface area contributed by atoms with Gasteiger partial charge in [-0.3, -0.25) is 14.4 Å². The molecule has 36 heavy (non-hydrogen) atoms. The molecule has 4 N–H and O–H groups in total. The lowest BCUT2D eigenvalue weighted by molar-refractivity contribution is -0.138. The number of hydrogen-bond donors (Lipinski definition) is 4. The minimum atomic E-state index is -0.876. The Morgan fingerprint density at radius 3 is 2.14 bits per heavy atom. The van der Waals surface area contributed by atoms with Crippen molar-refractivity contribution in [3.05, 3.63) is 54.1 Å². The maximum atomic E-state index is 12.8. The SMILES string of the molecule is CC.Cc1ccccc1NC(=O)Nc1ccc(NC(=O)C2CCCN2C(=O)CCCCC(=O)O)cc1. The van der Waals surface area contributed by atoms with Crippen LogP contribution in [0.1, 0.15) is 57.9 Å². The first kappa shape index (κ1) is 28.4. The van der Waals surface area contributed by atoms with Crippen molar-refractivity contribution >= 4 is 40.9 Å². The van der Waals surface area contributed by atoms with Gasteiger partial charge >= 0.3 is 12.0 Å². The lowest BCUT2D eigenvalue weighted by Gasteiger charge is -2.24. The topological polar surface area (TPSA) is 128 Å². The summed E-state index contributed by atoms with van der Waals surface area (Å²) in [6.07, 6.45) is 2.54. The average Bonchev–Trinajstić information content (AvgIpc) is 3.36. The average molecular weight is 497 g/mol. The van der Waals surface area contributed by atoms with Crippen molar-refractivity contribution in [2.45, 2.75) is 65.3 Å². The van der Waals surface area contributed by atoms with Crippen LogP contribution in [0.15, 0.2) is 48.5 Å². The number of carboxylic acids is 1. The third kappa shape index (κ3) is 8.72. The lowest BCUT2D eigenvalue weighted by atomic mass is 10.1. The molecule has 0 radical (unpaired) electrons. The fourth-order valence-corrected chi connectivity index (χ4v) is 3.89. The highest BCUT2D eigenvalue weighted by Crippen LogP contribution is 2.22. The third-order valence-electron chi connectivity index (χ3n) is 5.71. The first-order valence-corrected chi connectivity index (χ1v) is 12.4. The van der Waals surface area contributed by atoms with Gasteiger partial charge in [0, 0.05) is 36.4 Å². The smallest absolute Gasteiger partial charge is 0.323 e. The van der Waals surface area contributed by atoms with E-state index >= 15 is 0 Å². The second-order valence-electron chi connectivity index (χ2n) is 8.31. The van der Waals surface area contributed by atoms with E-state index in [0.29, 0.717) is 37.2 Å². The molecule has 1 atom stereocenters. The van der Waals surface area contributed by atoms with Crippen molar-refractivity contribution in [2.75, 3.05) is 22.5 Å². The Morgan fingerprint density at radius 2 is 1.50 bits per heavy atom. The number of unbranched alkanes of at least 4 members (excludes halogenated alkanes) is 1. The number of hydrogen-bond acceptors (Lipinski definition) is 4. The molecule has 194 valence electrons. The molecule has 2 aromatic carbocycles. The number of urea groups is 1. The number of aliphatic carboxylic acids is 1. The number of carbonyl (C=O) groups excluding carboxylic acids is 3. The van der Waals surface area contributed by atoms with Crippen LogP contribution in [0, 0.1) is 6.92 Å². The van der Waals surface area contributed by atoms with E-state index in [2.05, 4.69) is 16.0 Å². The summed E-state index contributed by atoms with van der Waals surface area (Å²) < 4.78 is 0. The summed E-state index contributed by atoms with van der Waals surface area (Å²) in [4.78, 5) is 49.7. The third-order valence-corrected chi connectivity index (χ3v) is 5.71. The number of carbonyl (C=O) groups is 4. The van der Waals surface area contributed by atoms with Crippen LogP contribution in [-0.2, 0) is 14.4 Å². The van der Waals surface area contributed by atoms with Gasteiger partial charge in [0.1, 0.15) is 6.04 Å².